The lowest BCUT2D eigenvalue weighted by molar-refractivity contribution is -0.145. The molecule has 6 heteroatoms. The van der Waals surface area contributed by atoms with E-state index in [1.54, 1.807) is 6.20 Å². The normalized spacial score (nSPS) is 15.8. The first-order valence-electron chi connectivity index (χ1n) is 7.99. The Morgan fingerprint density at radius 2 is 1.96 bits per heavy atom. The van der Waals surface area contributed by atoms with E-state index in [2.05, 4.69) is 0 Å². The Labute approximate surface area is 141 Å². The molecule has 1 atom stereocenters. The van der Waals surface area contributed by atoms with Crippen LogP contribution in [0.5, 0.6) is 0 Å². The summed E-state index contributed by atoms with van der Waals surface area (Å²) in [5, 5.41) is 8.99. The molecule has 0 bridgehead atoms. The third-order valence-corrected chi connectivity index (χ3v) is 4.01. The van der Waals surface area contributed by atoms with E-state index >= 15 is 0 Å². The van der Waals surface area contributed by atoms with E-state index in [1.165, 1.54) is 16.7 Å². The summed E-state index contributed by atoms with van der Waals surface area (Å²) in [7, 11) is 0. The van der Waals surface area contributed by atoms with Gasteiger partial charge in [0.1, 0.15) is 6.54 Å². The van der Waals surface area contributed by atoms with Gasteiger partial charge in [0.15, 0.2) is 0 Å². The Hall–Kier alpha value is -2.63. The number of benzene rings is 1. The molecule has 1 aromatic carbocycles. The van der Waals surface area contributed by atoms with Crippen molar-refractivity contribution in [2.24, 2.45) is 0 Å². The summed E-state index contributed by atoms with van der Waals surface area (Å²) in [4.78, 5) is 38.4. The van der Waals surface area contributed by atoms with Crippen molar-refractivity contribution in [3.8, 4) is 0 Å². The molecule has 1 unspecified atom stereocenters. The number of nitrogens with zero attached hydrogens (tertiary/aromatic N) is 2. The number of aliphatic carboxylic acids is 1. The highest BCUT2D eigenvalue weighted by Crippen LogP contribution is 2.33. The number of carbonyl (C=O) groups is 3. The number of carboxylic acids is 1. The summed E-state index contributed by atoms with van der Waals surface area (Å²) in [6.45, 7) is 3.41. The Kier molecular flexibility index (Phi) is 5.73. The topological polar surface area (TPSA) is 77.9 Å². The largest absolute Gasteiger partial charge is 0.480 e. The quantitative estimate of drug-likeness (QED) is 0.868. The van der Waals surface area contributed by atoms with Crippen LogP contribution in [0, 0.1) is 0 Å². The molecule has 1 aliphatic rings. The van der Waals surface area contributed by atoms with Crippen LogP contribution in [0.4, 0.5) is 0 Å². The van der Waals surface area contributed by atoms with Gasteiger partial charge >= 0.3 is 5.97 Å². The number of hydrogen-bond donors (Lipinski definition) is 1. The number of hydrogen-bond acceptors (Lipinski definition) is 3. The summed E-state index contributed by atoms with van der Waals surface area (Å²) in [6, 6.07) is 7.19. The Balaban J connectivity index is 2.26. The fourth-order valence-corrected chi connectivity index (χ4v) is 2.93. The van der Waals surface area contributed by atoms with Crippen molar-refractivity contribution >= 4 is 23.9 Å². The van der Waals surface area contributed by atoms with Crippen molar-refractivity contribution in [1.29, 1.82) is 0 Å². The Morgan fingerprint density at radius 1 is 1.25 bits per heavy atom. The fraction of sp³-hybridized carbons (Fsp3) is 0.389. The highest BCUT2D eigenvalue weighted by Gasteiger charge is 2.30. The lowest BCUT2D eigenvalue weighted by Crippen LogP contribution is -2.40. The highest BCUT2D eigenvalue weighted by atomic mass is 16.4. The lowest BCUT2D eigenvalue weighted by atomic mass is 9.93. The maximum absolute atomic E-state index is 12.6. The summed E-state index contributed by atoms with van der Waals surface area (Å²) in [5.74, 6) is -1.46. The average molecular weight is 330 g/mol. The zero-order chi connectivity index (χ0) is 17.7. The predicted octanol–water partition coefficient (Wildman–Crippen LogP) is 2.27. The van der Waals surface area contributed by atoms with E-state index < -0.39 is 12.0 Å². The van der Waals surface area contributed by atoms with E-state index in [0.29, 0.717) is 13.0 Å². The molecule has 0 aliphatic carbocycles. The van der Waals surface area contributed by atoms with Gasteiger partial charge in [-0.05, 0) is 23.6 Å². The van der Waals surface area contributed by atoms with Gasteiger partial charge in [-0.25, -0.2) is 0 Å². The molecule has 2 rings (SSSR count). The summed E-state index contributed by atoms with van der Waals surface area (Å²) in [5.41, 5.74) is 1.86. The Morgan fingerprint density at radius 3 is 2.58 bits per heavy atom. The maximum atomic E-state index is 12.6. The van der Waals surface area contributed by atoms with E-state index in [9.17, 15) is 14.4 Å². The number of carbonyl (C=O) groups excluding carboxylic acids is 2. The molecule has 0 fully saturated rings. The minimum atomic E-state index is -1.04. The second-order valence-corrected chi connectivity index (χ2v) is 5.80. The van der Waals surface area contributed by atoms with Crippen molar-refractivity contribution in [3.05, 3.63) is 41.6 Å². The number of rotatable bonds is 6. The number of carboxylic acid groups (broad SMARTS) is 1. The van der Waals surface area contributed by atoms with Gasteiger partial charge in [0.05, 0.1) is 12.5 Å². The SMILES string of the molecule is CCCN(CC(=O)O)C(=O)CC1c2ccccc2C=CN1C(C)=O. The molecule has 0 saturated carbocycles. The second kappa shape index (κ2) is 7.77. The number of amides is 2. The molecule has 0 radical (unpaired) electrons. The van der Waals surface area contributed by atoms with Crippen LogP contribution in [0.15, 0.2) is 30.5 Å². The third kappa shape index (κ3) is 4.01. The fourth-order valence-electron chi connectivity index (χ4n) is 2.93. The van der Waals surface area contributed by atoms with Gasteiger partial charge in [0, 0.05) is 19.7 Å². The van der Waals surface area contributed by atoms with Crippen molar-refractivity contribution in [2.45, 2.75) is 32.7 Å². The third-order valence-electron chi connectivity index (χ3n) is 4.01. The van der Waals surface area contributed by atoms with Crippen molar-refractivity contribution in [1.82, 2.24) is 9.80 Å². The van der Waals surface area contributed by atoms with Gasteiger partial charge in [0.2, 0.25) is 11.8 Å². The van der Waals surface area contributed by atoms with E-state index in [1.807, 2.05) is 37.3 Å². The molecule has 1 aliphatic heterocycles. The van der Waals surface area contributed by atoms with Crippen molar-refractivity contribution in [3.63, 3.8) is 0 Å². The van der Waals surface area contributed by atoms with Crippen LogP contribution in [0.3, 0.4) is 0 Å². The van der Waals surface area contributed by atoms with Gasteiger partial charge in [0.25, 0.3) is 0 Å². The van der Waals surface area contributed by atoms with Crippen molar-refractivity contribution < 1.29 is 19.5 Å². The van der Waals surface area contributed by atoms with Crippen LogP contribution in [0.2, 0.25) is 0 Å². The van der Waals surface area contributed by atoms with Gasteiger partial charge in [-0.15, -0.1) is 0 Å². The minimum Gasteiger partial charge on any atom is -0.480 e. The highest BCUT2D eigenvalue weighted by molar-refractivity contribution is 5.84. The summed E-state index contributed by atoms with van der Waals surface area (Å²) >= 11 is 0. The first kappa shape index (κ1) is 17.7. The van der Waals surface area contributed by atoms with Gasteiger partial charge in [-0.1, -0.05) is 31.2 Å². The molecule has 24 heavy (non-hydrogen) atoms. The van der Waals surface area contributed by atoms with Crippen LogP contribution in [0.1, 0.15) is 43.9 Å². The molecule has 1 aromatic rings. The van der Waals surface area contributed by atoms with Crippen LogP contribution in [-0.4, -0.2) is 45.8 Å². The van der Waals surface area contributed by atoms with Crippen LogP contribution >= 0.6 is 0 Å². The van der Waals surface area contributed by atoms with Crippen LogP contribution in [-0.2, 0) is 14.4 Å². The molecular formula is C18H22N2O4. The number of fused-ring (bicyclic) bond motifs is 1. The van der Waals surface area contributed by atoms with E-state index in [-0.39, 0.29) is 24.8 Å². The summed E-state index contributed by atoms with van der Waals surface area (Å²) < 4.78 is 0. The molecule has 128 valence electrons. The lowest BCUT2D eigenvalue weighted by Gasteiger charge is -2.33. The van der Waals surface area contributed by atoms with E-state index in [0.717, 1.165) is 11.1 Å². The molecule has 0 saturated heterocycles. The Bertz CT molecular complexity index is 669. The molecule has 2 amide bonds. The molecular weight excluding hydrogens is 308 g/mol. The average Bonchev–Trinajstić information content (AvgIpc) is 2.54. The monoisotopic (exact) mass is 330 g/mol. The van der Waals surface area contributed by atoms with Gasteiger partial charge in [-0.2, -0.15) is 0 Å². The zero-order valence-electron chi connectivity index (χ0n) is 13.9. The van der Waals surface area contributed by atoms with E-state index in [4.69, 9.17) is 5.11 Å². The molecule has 0 aromatic heterocycles. The minimum absolute atomic E-state index is 0.0637. The van der Waals surface area contributed by atoms with Gasteiger partial charge < -0.3 is 14.9 Å². The molecule has 6 nitrogen and oxygen atoms in total. The first-order chi connectivity index (χ1) is 11.4. The smallest absolute Gasteiger partial charge is 0.323 e. The maximum Gasteiger partial charge on any atom is 0.323 e. The zero-order valence-corrected chi connectivity index (χ0v) is 13.9. The van der Waals surface area contributed by atoms with Gasteiger partial charge in [-0.3, -0.25) is 14.4 Å². The molecule has 1 N–H and O–H groups in total. The van der Waals surface area contributed by atoms with Crippen molar-refractivity contribution in [2.75, 3.05) is 13.1 Å². The predicted molar refractivity (Wildman–Crippen MR) is 89.9 cm³/mol. The van der Waals surface area contributed by atoms with Crippen LogP contribution < -0.4 is 0 Å². The molecule has 1 heterocycles. The summed E-state index contributed by atoms with van der Waals surface area (Å²) in [6.07, 6.45) is 4.27. The van der Waals surface area contributed by atoms with Crippen LogP contribution in [0.25, 0.3) is 6.08 Å². The molecule has 0 spiro atoms. The second-order valence-electron chi connectivity index (χ2n) is 5.80. The first-order valence-corrected chi connectivity index (χ1v) is 7.99. The standard InChI is InChI=1S/C18H22N2O4/c1-3-9-19(12-18(23)24)17(22)11-16-15-7-5-4-6-14(15)8-10-20(16)13(2)21/h4-8,10,16H,3,9,11-12H2,1-2H3,(H,23,24).